The minimum atomic E-state index is -0.343. The normalized spacial score (nSPS) is 24.6. The van der Waals surface area contributed by atoms with E-state index in [0.29, 0.717) is 12.1 Å². The third-order valence-electron chi connectivity index (χ3n) is 3.88. The molecule has 1 saturated heterocycles. The first kappa shape index (κ1) is 14.8. The molecule has 1 N–H and O–H groups in total. The van der Waals surface area contributed by atoms with Crippen molar-refractivity contribution in [3.63, 3.8) is 0 Å². The number of rotatable bonds is 4. The molecule has 0 spiro atoms. The highest BCUT2D eigenvalue weighted by Gasteiger charge is 2.24. The molecule has 4 heteroatoms. The summed E-state index contributed by atoms with van der Waals surface area (Å²) in [6.45, 7) is 7.37. The predicted molar refractivity (Wildman–Crippen MR) is 78.0 cm³/mol. The molecule has 2 nitrogen and oxygen atoms in total. The van der Waals surface area contributed by atoms with Gasteiger partial charge in [-0.2, -0.15) is 0 Å². The standard InChI is InChI=1S/C15H22ClFN2/c1-3-18-13-6-7-19(11(2)8-13)10-12-4-5-15(17)14(16)9-12/h4-5,9,11,13,18H,3,6-8,10H2,1-2H3. The van der Waals surface area contributed by atoms with Crippen LogP contribution in [0.25, 0.3) is 0 Å². The molecule has 0 aliphatic carbocycles. The second kappa shape index (κ2) is 6.69. The lowest BCUT2D eigenvalue weighted by atomic mass is 9.97. The van der Waals surface area contributed by atoms with Crippen molar-refractivity contribution in [2.75, 3.05) is 13.1 Å². The van der Waals surface area contributed by atoms with Crippen molar-refractivity contribution in [3.8, 4) is 0 Å². The van der Waals surface area contributed by atoms with E-state index in [-0.39, 0.29) is 10.8 Å². The largest absolute Gasteiger partial charge is 0.314 e. The van der Waals surface area contributed by atoms with Crippen LogP contribution in [0.15, 0.2) is 18.2 Å². The quantitative estimate of drug-likeness (QED) is 0.911. The highest BCUT2D eigenvalue weighted by molar-refractivity contribution is 6.30. The van der Waals surface area contributed by atoms with Crippen molar-refractivity contribution in [2.24, 2.45) is 0 Å². The van der Waals surface area contributed by atoms with E-state index >= 15 is 0 Å². The summed E-state index contributed by atoms with van der Waals surface area (Å²) in [4.78, 5) is 2.44. The molecule has 0 saturated carbocycles. The molecule has 1 aliphatic heterocycles. The smallest absolute Gasteiger partial charge is 0.141 e. The molecule has 0 amide bonds. The Balaban J connectivity index is 1.94. The summed E-state index contributed by atoms with van der Waals surface area (Å²) >= 11 is 5.83. The van der Waals surface area contributed by atoms with Gasteiger partial charge in [0.15, 0.2) is 0 Å². The number of nitrogens with zero attached hydrogens (tertiary/aromatic N) is 1. The number of nitrogens with one attached hydrogen (secondary N) is 1. The molecule has 2 unspecified atom stereocenters. The lowest BCUT2D eigenvalue weighted by molar-refractivity contribution is 0.129. The second-order valence-electron chi connectivity index (χ2n) is 5.35. The van der Waals surface area contributed by atoms with Gasteiger partial charge in [0.25, 0.3) is 0 Å². The van der Waals surface area contributed by atoms with E-state index < -0.39 is 0 Å². The third kappa shape index (κ3) is 3.91. The lowest BCUT2D eigenvalue weighted by Crippen LogP contribution is -2.46. The Morgan fingerprint density at radius 1 is 1.47 bits per heavy atom. The summed E-state index contributed by atoms with van der Waals surface area (Å²) in [7, 11) is 0. The van der Waals surface area contributed by atoms with Crippen LogP contribution in [0, 0.1) is 5.82 Å². The Kier molecular flexibility index (Phi) is 5.20. The number of hydrogen-bond donors (Lipinski definition) is 1. The van der Waals surface area contributed by atoms with Crippen LogP contribution in [0.5, 0.6) is 0 Å². The average Bonchev–Trinajstić information content (AvgIpc) is 2.37. The van der Waals surface area contributed by atoms with Crippen LogP contribution in [0.4, 0.5) is 4.39 Å². The summed E-state index contributed by atoms with van der Waals surface area (Å²) in [6.07, 6.45) is 2.34. The topological polar surface area (TPSA) is 15.3 Å². The van der Waals surface area contributed by atoms with Gasteiger partial charge in [0.1, 0.15) is 5.82 Å². The first-order valence-electron chi connectivity index (χ1n) is 7.01. The minimum absolute atomic E-state index is 0.215. The number of hydrogen-bond acceptors (Lipinski definition) is 2. The molecule has 0 bridgehead atoms. The summed E-state index contributed by atoms with van der Waals surface area (Å²) in [5.74, 6) is -0.343. The highest BCUT2D eigenvalue weighted by atomic mass is 35.5. The molecule has 0 aromatic heterocycles. The van der Waals surface area contributed by atoms with E-state index in [1.165, 1.54) is 18.9 Å². The van der Waals surface area contributed by atoms with Crippen LogP contribution in [0.2, 0.25) is 5.02 Å². The Hall–Kier alpha value is -0.640. The van der Waals surface area contributed by atoms with Crippen LogP contribution in [-0.2, 0) is 6.54 Å². The Bertz CT molecular complexity index is 425. The SMILES string of the molecule is CCNC1CCN(Cc2ccc(F)c(Cl)c2)C(C)C1. The zero-order valence-electron chi connectivity index (χ0n) is 11.6. The van der Waals surface area contributed by atoms with Gasteiger partial charge in [-0.25, -0.2) is 4.39 Å². The Morgan fingerprint density at radius 2 is 2.26 bits per heavy atom. The zero-order chi connectivity index (χ0) is 13.8. The average molecular weight is 285 g/mol. The van der Waals surface area contributed by atoms with Gasteiger partial charge in [-0.05, 0) is 44.0 Å². The van der Waals surface area contributed by atoms with Crippen LogP contribution in [0.3, 0.4) is 0 Å². The van der Waals surface area contributed by atoms with Gasteiger partial charge in [0.2, 0.25) is 0 Å². The van der Waals surface area contributed by atoms with Gasteiger partial charge in [-0.15, -0.1) is 0 Å². The molecule has 2 rings (SSSR count). The van der Waals surface area contributed by atoms with Crippen molar-refractivity contribution in [3.05, 3.63) is 34.6 Å². The fourth-order valence-electron chi connectivity index (χ4n) is 2.80. The maximum atomic E-state index is 13.1. The molecule has 19 heavy (non-hydrogen) atoms. The first-order chi connectivity index (χ1) is 9.10. The number of halogens is 2. The summed E-state index contributed by atoms with van der Waals surface area (Å²) in [5.41, 5.74) is 1.08. The van der Waals surface area contributed by atoms with Gasteiger partial charge in [0, 0.05) is 25.2 Å². The van der Waals surface area contributed by atoms with Crippen LogP contribution in [0.1, 0.15) is 32.3 Å². The predicted octanol–water partition coefficient (Wildman–Crippen LogP) is 3.44. The Labute approximate surface area is 119 Å². The van der Waals surface area contributed by atoms with Crippen molar-refractivity contribution in [1.82, 2.24) is 10.2 Å². The highest BCUT2D eigenvalue weighted by Crippen LogP contribution is 2.22. The molecule has 2 atom stereocenters. The molecule has 1 fully saturated rings. The van der Waals surface area contributed by atoms with E-state index in [2.05, 4.69) is 24.1 Å². The maximum absolute atomic E-state index is 13.1. The van der Waals surface area contributed by atoms with Crippen molar-refractivity contribution in [2.45, 2.75) is 45.3 Å². The van der Waals surface area contributed by atoms with Crippen molar-refractivity contribution >= 4 is 11.6 Å². The van der Waals surface area contributed by atoms with Crippen LogP contribution in [-0.4, -0.2) is 30.1 Å². The molecular formula is C15H22ClFN2. The summed E-state index contributed by atoms with van der Waals surface area (Å²) in [5, 5.41) is 3.73. The molecule has 1 aromatic carbocycles. The van der Waals surface area contributed by atoms with Gasteiger partial charge < -0.3 is 5.32 Å². The monoisotopic (exact) mass is 284 g/mol. The molecule has 1 heterocycles. The van der Waals surface area contributed by atoms with Crippen LogP contribution >= 0.6 is 11.6 Å². The van der Waals surface area contributed by atoms with E-state index in [4.69, 9.17) is 11.6 Å². The maximum Gasteiger partial charge on any atom is 0.141 e. The van der Waals surface area contributed by atoms with E-state index in [0.717, 1.165) is 25.2 Å². The Morgan fingerprint density at radius 3 is 2.89 bits per heavy atom. The van der Waals surface area contributed by atoms with E-state index in [9.17, 15) is 4.39 Å². The molecule has 1 aliphatic rings. The van der Waals surface area contributed by atoms with Crippen molar-refractivity contribution < 1.29 is 4.39 Å². The first-order valence-corrected chi connectivity index (χ1v) is 7.39. The third-order valence-corrected chi connectivity index (χ3v) is 4.17. The zero-order valence-corrected chi connectivity index (χ0v) is 12.4. The van der Waals surface area contributed by atoms with E-state index in [1.807, 2.05) is 6.07 Å². The van der Waals surface area contributed by atoms with Gasteiger partial charge >= 0.3 is 0 Å². The minimum Gasteiger partial charge on any atom is -0.314 e. The molecule has 106 valence electrons. The van der Waals surface area contributed by atoms with Crippen molar-refractivity contribution in [1.29, 1.82) is 0 Å². The van der Waals surface area contributed by atoms with Gasteiger partial charge in [0.05, 0.1) is 5.02 Å². The molecule has 0 radical (unpaired) electrons. The van der Waals surface area contributed by atoms with Crippen LogP contribution < -0.4 is 5.32 Å². The lowest BCUT2D eigenvalue weighted by Gasteiger charge is -2.38. The fraction of sp³-hybridized carbons (Fsp3) is 0.600. The second-order valence-corrected chi connectivity index (χ2v) is 5.75. The fourth-order valence-corrected chi connectivity index (χ4v) is 3.01. The number of piperidine rings is 1. The number of likely N-dealkylation sites (tertiary alicyclic amines) is 1. The summed E-state index contributed by atoms with van der Waals surface area (Å²) in [6, 6.07) is 6.19. The molecular weight excluding hydrogens is 263 g/mol. The molecule has 1 aromatic rings. The number of benzene rings is 1. The van der Waals surface area contributed by atoms with Gasteiger partial charge in [-0.3, -0.25) is 4.90 Å². The summed E-state index contributed by atoms with van der Waals surface area (Å²) < 4.78 is 13.1. The van der Waals surface area contributed by atoms with E-state index in [1.54, 1.807) is 6.07 Å². The van der Waals surface area contributed by atoms with Gasteiger partial charge in [-0.1, -0.05) is 24.6 Å².